The van der Waals surface area contributed by atoms with Crippen LogP contribution in [0.15, 0.2) is 36.7 Å². The van der Waals surface area contributed by atoms with E-state index in [9.17, 15) is 9.90 Å². The van der Waals surface area contributed by atoms with Gasteiger partial charge in [0, 0.05) is 17.7 Å². The minimum Gasteiger partial charge on any atom is -0.493 e. The van der Waals surface area contributed by atoms with Gasteiger partial charge in [0.05, 0.1) is 25.5 Å². The van der Waals surface area contributed by atoms with E-state index in [4.69, 9.17) is 4.74 Å². The second-order valence-corrected chi connectivity index (χ2v) is 6.58. The summed E-state index contributed by atoms with van der Waals surface area (Å²) in [6, 6.07) is 7.39. The summed E-state index contributed by atoms with van der Waals surface area (Å²) in [7, 11) is 0. The van der Waals surface area contributed by atoms with E-state index >= 15 is 0 Å². The molecule has 24 heavy (non-hydrogen) atoms. The summed E-state index contributed by atoms with van der Waals surface area (Å²) in [5.41, 5.74) is 2.13. The lowest BCUT2D eigenvalue weighted by Gasteiger charge is -2.33. The molecule has 2 atom stereocenters. The number of nitrogens with zero attached hydrogens (tertiary/aromatic N) is 2. The largest absolute Gasteiger partial charge is 0.493 e. The number of ether oxygens (including phenoxy) is 1. The minimum atomic E-state index is -0.245. The molecule has 0 saturated heterocycles. The summed E-state index contributed by atoms with van der Waals surface area (Å²) in [6.45, 7) is 0.545. The van der Waals surface area contributed by atoms with Crippen molar-refractivity contribution in [3.63, 3.8) is 0 Å². The van der Waals surface area contributed by atoms with E-state index in [1.807, 2.05) is 36.7 Å². The van der Waals surface area contributed by atoms with Crippen LogP contribution in [0.1, 0.15) is 35.9 Å². The van der Waals surface area contributed by atoms with Gasteiger partial charge >= 0.3 is 0 Å². The van der Waals surface area contributed by atoms with Crippen LogP contribution in [-0.4, -0.2) is 34.0 Å². The Balaban J connectivity index is 1.46. The summed E-state index contributed by atoms with van der Waals surface area (Å²) in [5.74, 6) is 1.13. The third-order valence-corrected chi connectivity index (χ3v) is 4.74. The molecule has 1 aliphatic heterocycles. The first-order valence-corrected chi connectivity index (χ1v) is 8.39. The molecule has 6 heteroatoms. The average Bonchev–Trinajstić information content (AvgIpc) is 3.35. The fourth-order valence-electron chi connectivity index (χ4n) is 3.23. The van der Waals surface area contributed by atoms with Gasteiger partial charge in [-0.05, 0) is 30.4 Å². The van der Waals surface area contributed by atoms with Crippen molar-refractivity contribution < 1.29 is 14.6 Å². The van der Waals surface area contributed by atoms with Crippen LogP contribution in [-0.2, 0) is 11.3 Å². The number of para-hydroxylation sites is 1. The molecule has 126 valence electrons. The Bertz CT molecular complexity index is 739. The maximum absolute atomic E-state index is 12.5. The van der Waals surface area contributed by atoms with Crippen LogP contribution in [0.25, 0.3) is 0 Å². The maximum atomic E-state index is 12.5. The van der Waals surface area contributed by atoms with Crippen molar-refractivity contribution in [3.05, 3.63) is 47.8 Å². The number of aliphatic hydroxyl groups excluding tert-OH is 1. The molecule has 2 aromatic rings. The van der Waals surface area contributed by atoms with Crippen LogP contribution >= 0.6 is 0 Å². The maximum Gasteiger partial charge on any atom is 0.242 e. The summed E-state index contributed by atoms with van der Waals surface area (Å²) >= 11 is 0. The smallest absolute Gasteiger partial charge is 0.242 e. The fraction of sp³-hybridized carbons (Fsp3) is 0.444. The van der Waals surface area contributed by atoms with Crippen molar-refractivity contribution in [1.82, 2.24) is 15.1 Å². The zero-order valence-corrected chi connectivity index (χ0v) is 13.4. The Morgan fingerprint density at radius 2 is 2.21 bits per heavy atom. The number of carbonyl (C=O) groups excluding carboxylic acids is 1. The van der Waals surface area contributed by atoms with Gasteiger partial charge in [-0.25, -0.2) is 0 Å². The SMILES string of the molecule is O=C(Cn1cc(C2CC2)cn1)N[C@H]1c2ccccc2OC[C@H]1CO. The molecule has 4 rings (SSSR count). The Kier molecular flexibility index (Phi) is 3.98. The quantitative estimate of drug-likeness (QED) is 0.875. The second kappa shape index (κ2) is 6.28. The first-order chi connectivity index (χ1) is 11.7. The number of aromatic nitrogens is 2. The molecule has 0 bridgehead atoms. The zero-order chi connectivity index (χ0) is 16.5. The average molecular weight is 327 g/mol. The Morgan fingerprint density at radius 1 is 1.38 bits per heavy atom. The number of nitrogens with one attached hydrogen (secondary N) is 1. The summed E-state index contributed by atoms with van der Waals surface area (Å²) in [4.78, 5) is 12.5. The highest BCUT2D eigenvalue weighted by atomic mass is 16.5. The predicted octanol–water partition coefficient (Wildman–Crippen LogP) is 1.62. The Labute approximate surface area is 140 Å². The zero-order valence-electron chi connectivity index (χ0n) is 13.4. The van der Waals surface area contributed by atoms with Gasteiger partial charge in [-0.15, -0.1) is 0 Å². The molecule has 1 aromatic carbocycles. The minimum absolute atomic E-state index is 0.0348. The highest BCUT2D eigenvalue weighted by Crippen LogP contribution is 2.39. The molecule has 6 nitrogen and oxygen atoms in total. The molecular weight excluding hydrogens is 306 g/mol. The van der Waals surface area contributed by atoms with Crippen LogP contribution in [0, 0.1) is 5.92 Å². The molecule has 1 aromatic heterocycles. The monoisotopic (exact) mass is 327 g/mol. The number of hydrogen-bond donors (Lipinski definition) is 2. The van der Waals surface area contributed by atoms with Crippen LogP contribution < -0.4 is 10.1 Å². The normalized spacial score (nSPS) is 22.5. The van der Waals surface area contributed by atoms with Gasteiger partial charge in [-0.3, -0.25) is 9.48 Å². The Morgan fingerprint density at radius 3 is 3.00 bits per heavy atom. The first-order valence-electron chi connectivity index (χ1n) is 8.39. The molecule has 1 saturated carbocycles. The lowest BCUT2D eigenvalue weighted by molar-refractivity contribution is -0.123. The molecule has 0 radical (unpaired) electrons. The van der Waals surface area contributed by atoms with Crippen molar-refractivity contribution in [2.24, 2.45) is 5.92 Å². The molecule has 1 fully saturated rings. The van der Waals surface area contributed by atoms with E-state index in [1.54, 1.807) is 4.68 Å². The molecule has 2 heterocycles. The van der Waals surface area contributed by atoms with Gasteiger partial charge in [0.25, 0.3) is 0 Å². The van der Waals surface area contributed by atoms with Crippen LogP contribution in [0.5, 0.6) is 5.75 Å². The van der Waals surface area contributed by atoms with Crippen molar-refractivity contribution >= 4 is 5.91 Å². The van der Waals surface area contributed by atoms with Crippen LogP contribution in [0.2, 0.25) is 0 Å². The number of carbonyl (C=O) groups is 1. The second-order valence-electron chi connectivity index (χ2n) is 6.58. The summed E-state index contributed by atoms with van der Waals surface area (Å²) in [6.07, 6.45) is 6.24. The van der Waals surface area contributed by atoms with Crippen molar-refractivity contribution in [2.45, 2.75) is 31.3 Å². The fourth-order valence-corrected chi connectivity index (χ4v) is 3.23. The van der Waals surface area contributed by atoms with Gasteiger partial charge < -0.3 is 15.2 Å². The van der Waals surface area contributed by atoms with E-state index in [-0.39, 0.29) is 31.0 Å². The lowest BCUT2D eigenvalue weighted by Crippen LogP contribution is -2.41. The lowest BCUT2D eigenvalue weighted by atomic mass is 9.91. The van der Waals surface area contributed by atoms with Crippen molar-refractivity contribution in [1.29, 1.82) is 0 Å². The third-order valence-electron chi connectivity index (χ3n) is 4.74. The highest BCUT2D eigenvalue weighted by molar-refractivity contribution is 5.76. The van der Waals surface area contributed by atoms with Crippen LogP contribution in [0.4, 0.5) is 0 Å². The van der Waals surface area contributed by atoms with Crippen molar-refractivity contribution in [3.8, 4) is 5.75 Å². The molecular formula is C18H21N3O3. The van der Waals surface area contributed by atoms with Gasteiger partial charge in [0.15, 0.2) is 0 Å². The molecule has 0 unspecified atom stereocenters. The summed E-state index contributed by atoms with van der Waals surface area (Å²) < 4.78 is 7.35. The van der Waals surface area contributed by atoms with E-state index in [1.165, 1.54) is 18.4 Å². The number of rotatable bonds is 5. The molecule has 1 amide bonds. The van der Waals surface area contributed by atoms with Gasteiger partial charge in [0.1, 0.15) is 12.3 Å². The summed E-state index contributed by atoms with van der Waals surface area (Å²) in [5, 5.41) is 16.9. The predicted molar refractivity (Wildman–Crippen MR) is 87.6 cm³/mol. The van der Waals surface area contributed by atoms with E-state index in [0.717, 1.165) is 11.3 Å². The van der Waals surface area contributed by atoms with Gasteiger partial charge in [0.2, 0.25) is 5.91 Å². The van der Waals surface area contributed by atoms with Gasteiger partial charge in [-0.2, -0.15) is 5.10 Å². The first kappa shape index (κ1) is 15.2. The molecule has 2 N–H and O–H groups in total. The van der Waals surface area contributed by atoms with Crippen LogP contribution in [0.3, 0.4) is 0 Å². The number of benzene rings is 1. The Hall–Kier alpha value is -2.34. The van der Waals surface area contributed by atoms with E-state index in [0.29, 0.717) is 12.5 Å². The third kappa shape index (κ3) is 3.01. The topological polar surface area (TPSA) is 76.4 Å². The standard InChI is InChI=1S/C18H21N3O3/c22-10-14-11-24-16-4-2-1-3-15(16)18(14)20-17(23)9-21-8-13(7-19-21)12-5-6-12/h1-4,7-8,12,14,18,22H,5-6,9-11H2,(H,20,23)/t14-,18-/m1/s1. The molecule has 0 spiro atoms. The number of aliphatic hydroxyl groups is 1. The number of hydrogen-bond acceptors (Lipinski definition) is 4. The molecule has 2 aliphatic rings. The number of amides is 1. The van der Waals surface area contributed by atoms with E-state index in [2.05, 4.69) is 10.4 Å². The molecule has 1 aliphatic carbocycles. The van der Waals surface area contributed by atoms with E-state index < -0.39 is 0 Å². The highest BCUT2D eigenvalue weighted by Gasteiger charge is 2.31. The number of fused-ring (bicyclic) bond motifs is 1. The van der Waals surface area contributed by atoms with Crippen molar-refractivity contribution in [2.75, 3.05) is 13.2 Å². The van der Waals surface area contributed by atoms with Gasteiger partial charge in [-0.1, -0.05) is 18.2 Å².